The highest BCUT2D eigenvalue weighted by Crippen LogP contribution is 2.43. The Kier molecular flexibility index (Phi) is 7.89. The van der Waals surface area contributed by atoms with Crippen LogP contribution in [0.3, 0.4) is 0 Å². The van der Waals surface area contributed by atoms with Crippen molar-refractivity contribution in [1.82, 2.24) is 10.2 Å². The van der Waals surface area contributed by atoms with E-state index in [1.807, 2.05) is 47.4 Å². The first-order valence-electron chi connectivity index (χ1n) is 12.7. The summed E-state index contributed by atoms with van der Waals surface area (Å²) in [4.78, 5) is 43.2. The average Bonchev–Trinajstić information content (AvgIpc) is 3.34. The third-order valence-corrected chi connectivity index (χ3v) is 7.68. The number of rotatable bonds is 8. The predicted octanol–water partition coefficient (Wildman–Crippen LogP) is 5.25. The normalized spacial score (nSPS) is 16.2. The van der Waals surface area contributed by atoms with E-state index in [0.717, 1.165) is 29.0 Å². The van der Waals surface area contributed by atoms with E-state index in [9.17, 15) is 18.8 Å². The van der Waals surface area contributed by atoms with Crippen LogP contribution < -0.4 is 10.2 Å². The minimum atomic E-state index is -0.340. The maximum Gasteiger partial charge on any atom is 0.265 e. The van der Waals surface area contributed by atoms with Gasteiger partial charge in [0.2, 0.25) is 5.91 Å². The second-order valence-corrected chi connectivity index (χ2v) is 10.4. The number of anilines is 1. The van der Waals surface area contributed by atoms with E-state index < -0.39 is 0 Å². The highest BCUT2D eigenvalue weighted by Gasteiger charge is 2.30. The fourth-order valence-electron chi connectivity index (χ4n) is 4.60. The molecule has 0 aromatic heterocycles. The minimum absolute atomic E-state index is 0.176. The van der Waals surface area contributed by atoms with Gasteiger partial charge in [0, 0.05) is 36.5 Å². The van der Waals surface area contributed by atoms with Gasteiger partial charge in [-0.2, -0.15) is 0 Å². The number of nitrogens with zero attached hydrogens (tertiary/aromatic N) is 2. The molecular weight excluding hydrogens is 501 g/mol. The summed E-state index contributed by atoms with van der Waals surface area (Å²) in [5, 5.41) is 2.93. The first kappa shape index (κ1) is 25.7. The fourth-order valence-corrected chi connectivity index (χ4v) is 5.64. The molecule has 5 rings (SSSR count). The van der Waals surface area contributed by atoms with Crippen LogP contribution in [0, 0.1) is 5.82 Å². The van der Waals surface area contributed by atoms with Gasteiger partial charge in [0.15, 0.2) is 0 Å². The molecular formula is C30H28FN3O3S. The zero-order valence-electron chi connectivity index (χ0n) is 20.9. The van der Waals surface area contributed by atoms with Crippen LogP contribution in [0.5, 0.6) is 0 Å². The van der Waals surface area contributed by atoms with Crippen molar-refractivity contribution in [2.75, 3.05) is 24.5 Å². The van der Waals surface area contributed by atoms with E-state index in [1.165, 1.54) is 23.9 Å². The molecule has 1 saturated heterocycles. The Balaban J connectivity index is 1.36. The van der Waals surface area contributed by atoms with Crippen LogP contribution in [0.2, 0.25) is 0 Å². The number of amides is 3. The summed E-state index contributed by atoms with van der Waals surface area (Å²) in [6.45, 7) is 2.12. The number of hydrogen-bond acceptors (Lipinski definition) is 4. The lowest BCUT2D eigenvalue weighted by Crippen LogP contribution is -2.34. The van der Waals surface area contributed by atoms with E-state index in [1.54, 1.807) is 29.2 Å². The summed E-state index contributed by atoms with van der Waals surface area (Å²) in [5.74, 6) is -0.573. The Morgan fingerprint density at radius 2 is 1.82 bits per heavy atom. The number of hydrogen-bond donors (Lipinski definition) is 1. The highest BCUT2D eigenvalue weighted by atomic mass is 32.2. The van der Waals surface area contributed by atoms with Gasteiger partial charge < -0.3 is 15.1 Å². The maximum atomic E-state index is 13.6. The fraction of sp³-hybridized carbons (Fsp3) is 0.233. The lowest BCUT2D eigenvalue weighted by molar-refractivity contribution is -0.127. The summed E-state index contributed by atoms with van der Waals surface area (Å²) in [7, 11) is 0. The molecule has 0 aliphatic carbocycles. The zero-order valence-corrected chi connectivity index (χ0v) is 21.7. The van der Waals surface area contributed by atoms with E-state index in [4.69, 9.17) is 0 Å². The van der Waals surface area contributed by atoms with Crippen molar-refractivity contribution in [2.45, 2.75) is 30.7 Å². The molecule has 0 bridgehead atoms. The molecule has 0 spiro atoms. The van der Waals surface area contributed by atoms with Crippen LogP contribution in [-0.2, 0) is 16.1 Å². The molecule has 3 aromatic carbocycles. The lowest BCUT2D eigenvalue weighted by Gasteiger charge is -2.31. The van der Waals surface area contributed by atoms with Crippen molar-refractivity contribution in [3.8, 4) is 0 Å². The van der Waals surface area contributed by atoms with Crippen molar-refractivity contribution >= 4 is 41.2 Å². The molecule has 1 N–H and O–H groups in total. The van der Waals surface area contributed by atoms with Crippen molar-refractivity contribution in [3.63, 3.8) is 0 Å². The van der Waals surface area contributed by atoms with E-state index in [2.05, 4.69) is 5.32 Å². The quantitative estimate of drug-likeness (QED) is 0.320. The molecule has 6 nitrogen and oxygen atoms in total. The topological polar surface area (TPSA) is 69.7 Å². The van der Waals surface area contributed by atoms with Gasteiger partial charge >= 0.3 is 0 Å². The molecule has 3 aromatic rings. The van der Waals surface area contributed by atoms with Gasteiger partial charge in [-0.3, -0.25) is 14.4 Å². The van der Waals surface area contributed by atoms with Gasteiger partial charge in [-0.15, -0.1) is 0 Å². The predicted molar refractivity (Wildman–Crippen MR) is 147 cm³/mol. The van der Waals surface area contributed by atoms with Gasteiger partial charge in [-0.05, 0) is 60.4 Å². The molecule has 3 amide bonds. The van der Waals surface area contributed by atoms with Crippen molar-refractivity contribution in [1.29, 1.82) is 0 Å². The molecule has 2 heterocycles. The summed E-state index contributed by atoms with van der Waals surface area (Å²) in [6.07, 6.45) is 4.04. The Labute approximate surface area is 225 Å². The number of benzene rings is 3. The van der Waals surface area contributed by atoms with Gasteiger partial charge in [0.1, 0.15) is 5.82 Å². The molecule has 8 heteroatoms. The smallest absolute Gasteiger partial charge is 0.265 e. The Morgan fingerprint density at radius 1 is 1.03 bits per heavy atom. The van der Waals surface area contributed by atoms with Gasteiger partial charge in [0.05, 0.1) is 17.1 Å². The summed E-state index contributed by atoms with van der Waals surface area (Å²) in [6, 6.07) is 21.1. The second kappa shape index (κ2) is 11.6. The minimum Gasteiger partial charge on any atom is -0.352 e. The second-order valence-electron chi connectivity index (χ2n) is 9.32. The van der Waals surface area contributed by atoms with Crippen LogP contribution in [0.25, 0.3) is 6.08 Å². The molecule has 0 radical (unpaired) electrons. The van der Waals surface area contributed by atoms with Crippen LogP contribution >= 0.6 is 11.8 Å². The Bertz CT molecular complexity index is 1380. The molecule has 0 atom stereocenters. The van der Waals surface area contributed by atoms with Crippen molar-refractivity contribution in [2.24, 2.45) is 0 Å². The van der Waals surface area contributed by atoms with Crippen LogP contribution in [0.4, 0.5) is 10.1 Å². The van der Waals surface area contributed by atoms with Gasteiger partial charge in [0.25, 0.3) is 11.8 Å². The molecule has 1 fully saturated rings. The summed E-state index contributed by atoms with van der Waals surface area (Å²) < 4.78 is 13.5. The number of likely N-dealkylation sites (tertiary alicyclic amines) is 1. The van der Waals surface area contributed by atoms with E-state index in [0.29, 0.717) is 42.1 Å². The number of halogens is 1. The largest absolute Gasteiger partial charge is 0.352 e. The van der Waals surface area contributed by atoms with Crippen LogP contribution in [0.15, 0.2) is 82.6 Å². The molecule has 2 aliphatic heterocycles. The number of carbonyl (C=O) groups is 3. The molecule has 0 saturated carbocycles. The summed E-state index contributed by atoms with van der Waals surface area (Å²) in [5.41, 5.74) is 2.79. The maximum absolute atomic E-state index is 13.6. The lowest BCUT2D eigenvalue weighted by atomic mass is 10.1. The number of carbonyl (C=O) groups excluding carboxylic acids is 3. The Hall–Kier alpha value is -3.91. The van der Waals surface area contributed by atoms with Gasteiger partial charge in [-0.1, -0.05) is 54.2 Å². The molecule has 0 unspecified atom stereocenters. The molecule has 38 heavy (non-hydrogen) atoms. The third kappa shape index (κ3) is 5.97. The first-order chi connectivity index (χ1) is 18.5. The highest BCUT2D eigenvalue weighted by molar-refractivity contribution is 8.04. The Morgan fingerprint density at radius 3 is 2.55 bits per heavy atom. The van der Waals surface area contributed by atoms with Gasteiger partial charge in [-0.25, -0.2) is 4.39 Å². The monoisotopic (exact) mass is 529 g/mol. The van der Waals surface area contributed by atoms with E-state index >= 15 is 0 Å². The summed E-state index contributed by atoms with van der Waals surface area (Å²) >= 11 is 1.37. The first-order valence-corrected chi connectivity index (χ1v) is 13.5. The number of thioether (sulfide) groups is 1. The standard InChI is InChI=1S/C30H28FN3O3S/c31-24-12-9-22(10-13-24)20-34-25-19-23(29(36)32-15-5-17-33-16-4-8-28(33)35)11-14-26(25)38-27(30(34)37)18-21-6-2-1-3-7-21/h1-3,6-7,9-14,18-19H,4-5,8,15-17,20H2,(H,32,36). The average molecular weight is 530 g/mol. The molecule has 194 valence electrons. The SMILES string of the molecule is O=C(NCCCN1CCCC1=O)c1ccc2c(c1)N(Cc1ccc(F)cc1)C(=O)C(=Cc1ccccc1)S2. The van der Waals surface area contributed by atoms with Crippen molar-refractivity contribution < 1.29 is 18.8 Å². The molecule has 2 aliphatic rings. The van der Waals surface area contributed by atoms with Crippen LogP contribution in [-0.4, -0.2) is 42.3 Å². The number of nitrogens with one attached hydrogen (secondary N) is 1. The van der Waals surface area contributed by atoms with Crippen molar-refractivity contribution in [3.05, 3.63) is 100 Å². The van der Waals surface area contributed by atoms with Crippen LogP contribution in [0.1, 0.15) is 40.7 Å². The third-order valence-electron chi connectivity index (χ3n) is 6.60. The zero-order chi connectivity index (χ0) is 26.5. The van der Waals surface area contributed by atoms with E-state index in [-0.39, 0.29) is 30.1 Å². The number of fused-ring (bicyclic) bond motifs is 1.